The lowest BCUT2D eigenvalue weighted by Crippen LogP contribution is -2.37. The van der Waals surface area contributed by atoms with E-state index in [1.165, 1.54) is 62.8 Å². The van der Waals surface area contributed by atoms with Crippen LogP contribution in [0.15, 0.2) is 48.5 Å². The average molecular weight is 449 g/mol. The predicted octanol–water partition coefficient (Wildman–Crippen LogP) is 7.57. The van der Waals surface area contributed by atoms with Gasteiger partial charge in [0.05, 0.1) is 19.9 Å². The van der Waals surface area contributed by atoms with E-state index < -0.39 is 0 Å². The van der Waals surface area contributed by atoms with E-state index in [1.54, 1.807) is 24.3 Å². The number of halogens is 3. The molecule has 0 unspecified atom stereocenters. The van der Waals surface area contributed by atoms with E-state index in [2.05, 4.69) is 6.92 Å². The first-order valence-electron chi connectivity index (χ1n) is 11.9. The highest BCUT2D eigenvalue weighted by atomic mass is 19.1. The van der Waals surface area contributed by atoms with Crippen molar-refractivity contribution in [1.82, 2.24) is 0 Å². The molecule has 2 nitrogen and oxygen atoms in total. The van der Waals surface area contributed by atoms with E-state index in [9.17, 15) is 13.2 Å². The zero-order valence-electron chi connectivity index (χ0n) is 18.9. The molecule has 176 valence electrons. The van der Waals surface area contributed by atoms with Gasteiger partial charge in [-0.05, 0) is 60.1 Å². The van der Waals surface area contributed by atoms with Crippen LogP contribution < -0.4 is 0 Å². The van der Waals surface area contributed by atoms with Crippen LogP contribution >= 0.6 is 0 Å². The van der Waals surface area contributed by atoms with Gasteiger partial charge < -0.3 is 9.47 Å². The second-order valence-corrected chi connectivity index (χ2v) is 8.92. The summed E-state index contributed by atoms with van der Waals surface area (Å²) in [6.07, 6.45) is 8.22. The van der Waals surface area contributed by atoms with Crippen LogP contribution in [0.2, 0.25) is 0 Å². The Morgan fingerprint density at radius 2 is 1.47 bits per heavy atom. The van der Waals surface area contributed by atoms with Gasteiger partial charge in [0.1, 0.15) is 11.6 Å². The molecule has 1 aliphatic heterocycles. The molecule has 2 fully saturated rings. The highest BCUT2D eigenvalue weighted by Gasteiger charge is 2.31. The summed E-state index contributed by atoms with van der Waals surface area (Å²) in [5.74, 6) is 1.70. The molecular formula is C27H35F3O2. The van der Waals surface area contributed by atoms with Gasteiger partial charge in [-0.3, -0.25) is 4.39 Å². The summed E-state index contributed by atoms with van der Waals surface area (Å²) < 4.78 is 48.8. The summed E-state index contributed by atoms with van der Waals surface area (Å²) in [5.41, 5.74) is 1.57. The molecular weight excluding hydrogens is 413 g/mol. The number of hydrogen-bond donors (Lipinski definition) is 0. The normalized spacial score (nSPS) is 25.6. The monoisotopic (exact) mass is 448 g/mol. The standard InChI is InChI=1S/C15H27FO2.C12H8F2/c1-2-3-12-4-6-13(7-5-12)14-10-17-15(8-9-16)18-11-14;13-11-6-4-9(5-7-11)10-2-1-3-12(14)8-10/h12-15H,2-11H2,1H3;1-8H. The molecule has 1 saturated heterocycles. The molecule has 0 amide bonds. The summed E-state index contributed by atoms with van der Waals surface area (Å²) in [4.78, 5) is 0. The van der Waals surface area contributed by atoms with E-state index in [1.807, 2.05) is 0 Å². The van der Waals surface area contributed by atoms with Gasteiger partial charge in [0, 0.05) is 12.3 Å². The maximum absolute atomic E-state index is 12.9. The van der Waals surface area contributed by atoms with E-state index >= 15 is 0 Å². The maximum atomic E-state index is 12.9. The predicted molar refractivity (Wildman–Crippen MR) is 122 cm³/mol. The Morgan fingerprint density at radius 1 is 0.781 bits per heavy atom. The average Bonchev–Trinajstić information content (AvgIpc) is 2.82. The van der Waals surface area contributed by atoms with Gasteiger partial charge >= 0.3 is 0 Å². The quantitative estimate of drug-likeness (QED) is 0.454. The summed E-state index contributed by atoms with van der Waals surface area (Å²) in [6.45, 7) is 3.47. The summed E-state index contributed by atoms with van der Waals surface area (Å²) in [6, 6.07) is 12.2. The fourth-order valence-corrected chi connectivity index (χ4v) is 4.75. The van der Waals surface area contributed by atoms with Crippen molar-refractivity contribution in [3.05, 3.63) is 60.2 Å². The molecule has 32 heavy (non-hydrogen) atoms. The van der Waals surface area contributed by atoms with Gasteiger partial charge in [0.2, 0.25) is 0 Å². The zero-order valence-corrected chi connectivity index (χ0v) is 18.9. The molecule has 0 aromatic heterocycles. The van der Waals surface area contributed by atoms with Crippen molar-refractivity contribution < 1.29 is 22.6 Å². The Kier molecular flexibility index (Phi) is 10.1. The minimum atomic E-state index is -0.350. The SMILES string of the molecule is CCCC1CCC(C2COC(CCF)OC2)CC1.Fc1ccc(-c2cccc(F)c2)cc1. The molecule has 2 aromatic rings. The number of ether oxygens (including phenoxy) is 2. The highest BCUT2D eigenvalue weighted by Crippen LogP contribution is 2.37. The first-order valence-corrected chi connectivity index (χ1v) is 11.9. The maximum Gasteiger partial charge on any atom is 0.160 e. The van der Waals surface area contributed by atoms with Gasteiger partial charge in [-0.25, -0.2) is 8.78 Å². The summed E-state index contributed by atoms with van der Waals surface area (Å²) in [7, 11) is 0. The molecule has 1 aliphatic carbocycles. The van der Waals surface area contributed by atoms with Gasteiger partial charge in [0.15, 0.2) is 6.29 Å². The van der Waals surface area contributed by atoms with Gasteiger partial charge in [-0.1, -0.05) is 56.9 Å². The van der Waals surface area contributed by atoms with Crippen LogP contribution in [0, 0.1) is 29.4 Å². The fourth-order valence-electron chi connectivity index (χ4n) is 4.75. The molecule has 4 rings (SSSR count). The Labute approximate surface area is 190 Å². The Bertz CT molecular complexity index is 756. The van der Waals surface area contributed by atoms with E-state index in [0.29, 0.717) is 12.3 Å². The van der Waals surface area contributed by atoms with Gasteiger partial charge in [-0.2, -0.15) is 0 Å². The van der Waals surface area contributed by atoms with Crippen molar-refractivity contribution in [2.24, 2.45) is 17.8 Å². The topological polar surface area (TPSA) is 18.5 Å². The van der Waals surface area contributed by atoms with Crippen molar-refractivity contribution in [3.63, 3.8) is 0 Å². The second kappa shape index (κ2) is 13.0. The van der Waals surface area contributed by atoms with E-state index in [0.717, 1.165) is 36.2 Å². The third kappa shape index (κ3) is 7.63. The number of alkyl halides is 1. The van der Waals surface area contributed by atoms with Crippen molar-refractivity contribution in [2.45, 2.75) is 58.2 Å². The lowest BCUT2D eigenvalue weighted by Gasteiger charge is -2.37. The Balaban J connectivity index is 0.000000186. The number of benzene rings is 2. The van der Waals surface area contributed by atoms with Crippen molar-refractivity contribution in [3.8, 4) is 11.1 Å². The Hall–Kier alpha value is -1.85. The molecule has 0 atom stereocenters. The molecule has 1 heterocycles. The summed E-state index contributed by atoms with van der Waals surface area (Å²) >= 11 is 0. The second-order valence-electron chi connectivity index (χ2n) is 8.92. The molecule has 2 aliphatic rings. The van der Waals surface area contributed by atoms with Crippen LogP contribution in [-0.2, 0) is 9.47 Å². The van der Waals surface area contributed by atoms with Crippen LogP contribution in [0.4, 0.5) is 13.2 Å². The fraction of sp³-hybridized carbons (Fsp3) is 0.556. The lowest BCUT2D eigenvalue weighted by atomic mass is 9.75. The largest absolute Gasteiger partial charge is 0.352 e. The van der Waals surface area contributed by atoms with Gasteiger partial charge in [-0.15, -0.1) is 0 Å². The van der Waals surface area contributed by atoms with E-state index in [-0.39, 0.29) is 24.6 Å². The first kappa shape index (κ1) is 24.8. The highest BCUT2D eigenvalue weighted by molar-refractivity contribution is 5.63. The zero-order chi connectivity index (χ0) is 22.8. The molecule has 5 heteroatoms. The third-order valence-corrected chi connectivity index (χ3v) is 6.59. The number of rotatable bonds is 6. The summed E-state index contributed by atoms with van der Waals surface area (Å²) in [5, 5.41) is 0. The lowest BCUT2D eigenvalue weighted by molar-refractivity contribution is -0.213. The van der Waals surface area contributed by atoms with Crippen molar-refractivity contribution in [2.75, 3.05) is 19.9 Å². The van der Waals surface area contributed by atoms with Crippen molar-refractivity contribution >= 4 is 0 Å². The van der Waals surface area contributed by atoms with Crippen LogP contribution in [0.3, 0.4) is 0 Å². The molecule has 2 aromatic carbocycles. The molecule has 0 radical (unpaired) electrons. The first-order chi connectivity index (χ1) is 15.6. The molecule has 0 spiro atoms. The molecule has 0 N–H and O–H groups in total. The van der Waals surface area contributed by atoms with E-state index in [4.69, 9.17) is 9.47 Å². The number of hydrogen-bond acceptors (Lipinski definition) is 2. The third-order valence-electron chi connectivity index (χ3n) is 6.59. The minimum absolute atomic E-state index is 0.285. The smallest absolute Gasteiger partial charge is 0.160 e. The van der Waals surface area contributed by atoms with Crippen LogP contribution in [0.1, 0.15) is 51.9 Å². The van der Waals surface area contributed by atoms with Crippen LogP contribution in [0.25, 0.3) is 11.1 Å². The van der Waals surface area contributed by atoms with Crippen LogP contribution in [-0.4, -0.2) is 26.2 Å². The van der Waals surface area contributed by atoms with Gasteiger partial charge in [0.25, 0.3) is 0 Å². The molecule has 0 bridgehead atoms. The van der Waals surface area contributed by atoms with Crippen LogP contribution in [0.5, 0.6) is 0 Å². The Morgan fingerprint density at radius 3 is 2.06 bits per heavy atom. The molecule has 1 saturated carbocycles. The van der Waals surface area contributed by atoms with Crippen molar-refractivity contribution in [1.29, 1.82) is 0 Å². The minimum Gasteiger partial charge on any atom is -0.352 e.